The third-order valence-corrected chi connectivity index (χ3v) is 3.73. The summed E-state index contributed by atoms with van der Waals surface area (Å²) in [5, 5.41) is 0. The van der Waals surface area contributed by atoms with E-state index in [1.807, 2.05) is 6.92 Å². The Hall–Kier alpha value is -1.07. The highest BCUT2D eigenvalue weighted by atomic mass is 19.2. The van der Waals surface area contributed by atoms with Gasteiger partial charge in [-0.1, -0.05) is 6.42 Å². The quantitative estimate of drug-likeness (QED) is 0.857. The molecule has 0 spiro atoms. The van der Waals surface area contributed by atoms with Crippen LogP contribution in [0.3, 0.4) is 0 Å². The predicted molar refractivity (Wildman–Crippen MR) is 68.0 cm³/mol. The minimum Gasteiger partial charge on any atom is -0.327 e. The SMILES string of the molecule is C[C@@H](N)[C@H]1CCCCN1Cc1cc(F)c(F)cc1F. The van der Waals surface area contributed by atoms with Crippen molar-refractivity contribution in [1.29, 1.82) is 0 Å². The molecule has 1 fully saturated rings. The molecule has 1 aromatic carbocycles. The van der Waals surface area contributed by atoms with Crippen LogP contribution in [0.4, 0.5) is 13.2 Å². The molecule has 0 unspecified atom stereocenters. The molecule has 1 aliphatic heterocycles. The summed E-state index contributed by atoms with van der Waals surface area (Å²) >= 11 is 0. The van der Waals surface area contributed by atoms with E-state index in [1.54, 1.807) is 0 Å². The molecule has 0 radical (unpaired) electrons. The van der Waals surface area contributed by atoms with E-state index < -0.39 is 17.5 Å². The van der Waals surface area contributed by atoms with E-state index in [4.69, 9.17) is 5.73 Å². The van der Waals surface area contributed by atoms with Crippen LogP contribution in [-0.2, 0) is 6.54 Å². The van der Waals surface area contributed by atoms with Gasteiger partial charge in [0.05, 0.1) is 0 Å². The van der Waals surface area contributed by atoms with E-state index in [-0.39, 0.29) is 24.2 Å². The summed E-state index contributed by atoms with van der Waals surface area (Å²) in [6.07, 6.45) is 3.08. The highest BCUT2D eigenvalue weighted by molar-refractivity contribution is 5.20. The monoisotopic (exact) mass is 272 g/mol. The summed E-state index contributed by atoms with van der Waals surface area (Å²) in [5.41, 5.74) is 6.12. The van der Waals surface area contributed by atoms with E-state index in [9.17, 15) is 13.2 Å². The zero-order valence-corrected chi connectivity index (χ0v) is 11.0. The smallest absolute Gasteiger partial charge is 0.161 e. The predicted octanol–water partition coefficient (Wildman–Crippen LogP) is 2.81. The average Bonchev–Trinajstić information content (AvgIpc) is 2.36. The van der Waals surface area contributed by atoms with E-state index in [1.165, 1.54) is 0 Å². The molecule has 1 saturated heterocycles. The molecular formula is C14H19F3N2. The number of likely N-dealkylation sites (tertiary alicyclic amines) is 1. The van der Waals surface area contributed by atoms with Crippen molar-refractivity contribution >= 4 is 0 Å². The second-order valence-corrected chi connectivity index (χ2v) is 5.25. The van der Waals surface area contributed by atoms with Gasteiger partial charge in [-0.25, -0.2) is 13.2 Å². The molecule has 0 aliphatic carbocycles. The minimum atomic E-state index is -1.15. The Labute approximate surface area is 111 Å². The van der Waals surface area contributed by atoms with Crippen LogP contribution >= 0.6 is 0 Å². The molecule has 2 rings (SSSR count). The van der Waals surface area contributed by atoms with Crippen molar-refractivity contribution in [2.24, 2.45) is 5.73 Å². The van der Waals surface area contributed by atoms with E-state index in [2.05, 4.69) is 4.90 Å². The first-order valence-electron chi connectivity index (χ1n) is 6.62. The molecule has 0 aromatic heterocycles. The number of nitrogens with zero attached hydrogens (tertiary/aromatic N) is 1. The Balaban J connectivity index is 2.17. The van der Waals surface area contributed by atoms with Gasteiger partial charge in [-0.15, -0.1) is 0 Å². The number of piperidine rings is 1. The Morgan fingerprint density at radius 1 is 1.21 bits per heavy atom. The van der Waals surface area contributed by atoms with Crippen LogP contribution in [0.15, 0.2) is 12.1 Å². The molecule has 19 heavy (non-hydrogen) atoms. The molecule has 0 amide bonds. The van der Waals surface area contributed by atoms with Crippen molar-refractivity contribution < 1.29 is 13.2 Å². The first-order chi connectivity index (χ1) is 8.99. The summed E-state index contributed by atoms with van der Waals surface area (Å²) < 4.78 is 39.7. The molecule has 2 nitrogen and oxygen atoms in total. The van der Waals surface area contributed by atoms with Crippen LogP contribution < -0.4 is 5.73 Å². The number of benzene rings is 1. The lowest BCUT2D eigenvalue weighted by Crippen LogP contribution is -2.48. The van der Waals surface area contributed by atoms with Crippen LogP contribution in [0.1, 0.15) is 31.7 Å². The van der Waals surface area contributed by atoms with Gasteiger partial charge in [-0.3, -0.25) is 4.90 Å². The standard InChI is InChI=1S/C14H19F3N2/c1-9(18)14-4-2-3-5-19(14)8-10-6-12(16)13(17)7-11(10)15/h6-7,9,14H,2-5,8,18H2,1H3/t9-,14-/m1/s1. The molecular weight excluding hydrogens is 253 g/mol. The van der Waals surface area contributed by atoms with Gasteiger partial charge in [0.1, 0.15) is 5.82 Å². The second-order valence-electron chi connectivity index (χ2n) is 5.25. The molecule has 1 aromatic rings. The van der Waals surface area contributed by atoms with Crippen LogP contribution in [0, 0.1) is 17.5 Å². The van der Waals surface area contributed by atoms with E-state index >= 15 is 0 Å². The van der Waals surface area contributed by atoms with Crippen molar-refractivity contribution in [2.45, 2.75) is 44.8 Å². The summed E-state index contributed by atoms with van der Waals surface area (Å²) in [4.78, 5) is 2.06. The van der Waals surface area contributed by atoms with Crippen LogP contribution in [-0.4, -0.2) is 23.5 Å². The third kappa shape index (κ3) is 3.28. The topological polar surface area (TPSA) is 29.3 Å². The van der Waals surface area contributed by atoms with E-state index in [0.29, 0.717) is 6.07 Å². The largest absolute Gasteiger partial charge is 0.327 e. The minimum absolute atomic E-state index is 0.0198. The Morgan fingerprint density at radius 2 is 1.89 bits per heavy atom. The van der Waals surface area contributed by atoms with Crippen molar-refractivity contribution in [1.82, 2.24) is 4.90 Å². The maximum atomic E-state index is 13.6. The zero-order valence-electron chi connectivity index (χ0n) is 11.0. The van der Waals surface area contributed by atoms with Crippen molar-refractivity contribution in [3.05, 3.63) is 35.1 Å². The maximum absolute atomic E-state index is 13.6. The molecule has 0 bridgehead atoms. The van der Waals surface area contributed by atoms with Crippen LogP contribution in [0.2, 0.25) is 0 Å². The highest BCUT2D eigenvalue weighted by Gasteiger charge is 2.26. The first-order valence-corrected chi connectivity index (χ1v) is 6.62. The molecule has 1 aliphatic rings. The Bertz CT molecular complexity index is 449. The lowest BCUT2D eigenvalue weighted by molar-refractivity contribution is 0.121. The summed E-state index contributed by atoms with van der Waals surface area (Å²) in [6, 6.07) is 1.70. The maximum Gasteiger partial charge on any atom is 0.161 e. The second kappa shape index (κ2) is 5.92. The number of hydrogen-bond acceptors (Lipinski definition) is 2. The van der Waals surface area contributed by atoms with Gasteiger partial charge in [0.2, 0.25) is 0 Å². The van der Waals surface area contributed by atoms with Crippen LogP contribution in [0.5, 0.6) is 0 Å². The molecule has 1 heterocycles. The normalized spacial score (nSPS) is 22.5. The first kappa shape index (κ1) is 14.3. The molecule has 0 saturated carbocycles. The van der Waals surface area contributed by atoms with Gasteiger partial charge < -0.3 is 5.73 Å². The highest BCUT2D eigenvalue weighted by Crippen LogP contribution is 2.23. The van der Waals surface area contributed by atoms with Crippen molar-refractivity contribution in [3.63, 3.8) is 0 Å². The molecule has 2 atom stereocenters. The van der Waals surface area contributed by atoms with E-state index in [0.717, 1.165) is 31.9 Å². The molecule has 106 valence electrons. The van der Waals surface area contributed by atoms with Gasteiger partial charge in [-0.2, -0.15) is 0 Å². The van der Waals surface area contributed by atoms with Gasteiger partial charge in [-0.05, 0) is 32.4 Å². The lowest BCUT2D eigenvalue weighted by Gasteiger charge is -2.38. The fourth-order valence-electron chi connectivity index (χ4n) is 2.71. The number of rotatable bonds is 3. The summed E-state index contributed by atoms with van der Waals surface area (Å²) in [6.45, 7) is 3.00. The van der Waals surface area contributed by atoms with Crippen molar-refractivity contribution in [3.8, 4) is 0 Å². The van der Waals surface area contributed by atoms with Crippen molar-refractivity contribution in [2.75, 3.05) is 6.54 Å². The van der Waals surface area contributed by atoms with Gasteiger partial charge in [0, 0.05) is 30.3 Å². The summed E-state index contributed by atoms with van der Waals surface area (Å²) in [5.74, 6) is -2.86. The van der Waals surface area contributed by atoms with Gasteiger partial charge in [0.25, 0.3) is 0 Å². The summed E-state index contributed by atoms with van der Waals surface area (Å²) in [7, 11) is 0. The lowest BCUT2D eigenvalue weighted by atomic mass is 9.96. The third-order valence-electron chi connectivity index (χ3n) is 3.73. The molecule has 2 N–H and O–H groups in total. The Kier molecular flexibility index (Phi) is 4.47. The number of nitrogens with two attached hydrogens (primary N) is 1. The molecule has 5 heteroatoms. The zero-order chi connectivity index (χ0) is 14.0. The number of hydrogen-bond donors (Lipinski definition) is 1. The van der Waals surface area contributed by atoms with Gasteiger partial charge >= 0.3 is 0 Å². The Morgan fingerprint density at radius 3 is 2.58 bits per heavy atom. The fraction of sp³-hybridized carbons (Fsp3) is 0.571. The number of halogens is 3. The van der Waals surface area contributed by atoms with Crippen LogP contribution in [0.25, 0.3) is 0 Å². The fourth-order valence-corrected chi connectivity index (χ4v) is 2.71. The van der Waals surface area contributed by atoms with Gasteiger partial charge in [0.15, 0.2) is 11.6 Å². The average molecular weight is 272 g/mol.